The zero-order valence-electron chi connectivity index (χ0n) is 6.76. The van der Waals surface area contributed by atoms with Gasteiger partial charge < -0.3 is 0 Å². The number of nitrogens with zero attached hydrogens (tertiary/aromatic N) is 1. The van der Waals surface area contributed by atoms with Gasteiger partial charge in [-0.05, 0) is 6.92 Å². The summed E-state index contributed by atoms with van der Waals surface area (Å²) in [4.78, 5) is 22.8. The van der Waals surface area contributed by atoms with Gasteiger partial charge in [0, 0.05) is 0 Å². The third-order valence-electron chi connectivity index (χ3n) is 0.881. The summed E-state index contributed by atoms with van der Waals surface area (Å²) in [5.41, 5.74) is -0.765. The molecule has 0 radical (unpaired) electrons. The van der Waals surface area contributed by atoms with Crippen LogP contribution in [-0.4, -0.2) is 15.2 Å². The molecule has 0 aliphatic carbocycles. The van der Waals surface area contributed by atoms with Crippen molar-refractivity contribution in [3.05, 3.63) is 26.5 Å². The topological polar surface area (TPSA) is 78.6 Å². The highest BCUT2D eigenvalue weighted by molar-refractivity contribution is 4.86. The lowest BCUT2D eigenvalue weighted by Gasteiger charge is -1.83. The Morgan fingerprint density at radius 1 is 1.27 bits per heavy atom. The van der Waals surface area contributed by atoms with Crippen molar-refractivity contribution in [3.8, 4) is 0 Å². The third kappa shape index (κ3) is 2.79. The van der Waals surface area contributed by atoms with E-state index in [9.17, 15) is 9.59 Å². The van der Waals surface area contributed by atoms with Gasteiger partial charge in [0.2, 0.25) is 0 Å². The standard InChI is InChI=1S/C4H5N3O2.C2H6/c1-2-3(8)5-4(9)7-6-2;1-2/h1H3,(H2,5,7,8,9);1-2H3. The summed E-state index contributed by atoms with van der Waals surface area (Å²) in [5.74, 6) is 0. The zero-order valence-corrected chi connectivity index (χ0v) is 6.76. The summed E-state index contributed by atoms with van der Waals surface area (Å²) in [7, 11) is 0. The van der Waals surface area contributed by atoms with Crippen molar-refractivity contribution in [2.24, 2.45) is 0 Å². The number of H-pyrrole nitrogens is 2. The van der Waals surface area contributed by atoms with Crippen molar-refractivity contribution in [3.63, 3.8) is 0 Å². The van der Waals surface area contributed by atoms with Crippen LogP contribution in [0.2, 0.25) is 0 Å². The van der Waals surface area contributed by atoms with Gasteiger partial charge in [-0.25, -0.2) is 9.89 Å². The van der Waals surface area contributed by atoms with Crippen LogP contribution in [0.25, 0.3) is 0 Å². The summed E-state index contributed by atoms with van der Waals surface area (Å²) in [5, 5.41) is 5.48. The van der Waals surface area contributed by atoms with Gasteiger partial charge in [0.05, 0.1) is 0 Å². The average Bonchev–Trinajstić information content (AvgIpc) is 2.02. The smallest absolute Gasteiger partial charge is 0.271 e. The molecule has 0 saturated carbocycles. The molecule has 0 fully saturated rings. The molecule has 0 amide bonds. The molecule has 1 heterocycles. The number of aromatic nitrogens is 3. The first-order chi connectivity index (χ1) is 5.20. The maximum Gasteiger partial charge on any atom is 0.342 e. The van der Waals surface area contributed by atoms with Crippen LogP contribution in [0.1, 0.15) is 19.5 Å². The lowest BCUT2D eigenvalue weighted by Crippen LogP contribution is -2.25. The fraction of sp³-hybridized carbons (Fsp3) is 0.500. The zero-order chi connectivity index (χ0) is 8.85. The highest BCUT2D eigenvalue weighted by Gasteiger charge is 1.90. The number of nitrogens with one attached hydrogen (secondary N) is 2. The van der Waals surface area contributed by atoms with Gasteiger partial charge >= 0.3 is 5.69 Å². The monoisotopic (exact) mass is 157 g/mol. The molecule has 0 unspecified atom stereocenters. The molecular formula is C6H11N3O2. The van der Waals surface area contributed by atoms with E-state index < -0.39 is 11.2 Å². The second-order valence-corrected chi connectivity index (χ2v) is 1.59. The van der Waals surface area contributed by atoms with E-state index in [2.05, 4.69) is 10.2 Å². The van der Waals surface area contributed by atoms with E-state index in [1.165, 1.54) is 6.92 Å². The van der Waals surface area contributed by atoms with E-state index >= 15 is 0 Å². The van der Waals surface area contributed by atoms with E-state index in [1.807, 2.05) is 18.8 Å². The van der Waals surface area contributed by atoms with Crippen LogP contribution in [-0.2, 0) is 0 Å². The predicted molar refractivity (Wildman–Crippen MR) is 41.6 cm³/mol. The first-order valence-electron chi connectivity index (χ1n) is 3.36. The summed E-state index contributed by atoms with van der Waals surface area (Å²) in [6.07, 6.45) is 0. The van der Waals surface area contributed by atoms with Crippen molar-refractivity contribution in [1.29, 1.82) is 0 Å². The van der Waals surface area contributed by atoms with Crippen LogP contribution in [0.15, 0.2) is 9.59 Å². The minimum atomic E-state index is -0.578. The summed E-state index contributed by atoms with van der Waals surface area (Å²) in [6, 6.07) is 0. The van der Waals surface area contributed by atoms with Crippen molar-refractivity contribution in [2.45, 2.75) is 20.8 Å². The molecule has 5 nitrogen and oxygen atoms in total. The Labute approximate surface area is 63.5 Å². The Morgan fingerprint density at radius 2 is 1.82 bits per heavy atom. The van der Waals surface area contributed by atoms with Gasteiger partial charge in [-0.2, -0.15) is 5.10 Å². The predicted octanol–water partition coefficient (Wildman–Crippen LogP) is -0.207. The normalized spacial score (nSPS) is 8.27. The number of aryl methyl sites for hydroxylation is 1. The van der Waals surface area contributed by atoms with Crippen molar-refractivity contribution >= 4 is 0 Å². The van der Waals surface area contributed by atoms with E-state index in [-0.39, 0.29) is 5.69 Å². The second-order valence-electron chi connectivity index (χ2n) is 1.59. The number of rotatable bonds is 0. The molecule has 0 aliphatic rings. The molecule has 1 rings (SSSR count). The molecule has 11 heavy (non-hydrogen) atoms. The van der Waals surface area contributed by atoms with E-state index in [0.717, 1.165) is 0 Å². The molecule has 2 N–H and O–H groups in total. The molecule has 0 aromatic carbocycles. The van der Waals surface area contributed by atoms with Gasteiger partial charge in [0.15, 0.2) is 0 Å². The Kier molecular flexibility index (Phi) is 3.87. The summed E-state index contributed by atoms with van der Waals surface area (Å²) >= 11 is 0. The molecule has 0 bridgehead atoms. The van der Waals surface area contributed by atoms with Crippen molar-refractivity contribution in [1.82, 2.24) is 15.2 Å². The van der Waals surface area contributed by atoms with Crippen molar-refractivity contribution in [2.75, 3.05) is 0 Å². The van der Waals surface area contributed by atoms with Crippen LogP contribution in [0, 0.1) is 6.92 Å². The largest absolute Gasteiger partial charge is 0.342 e. The first kappa shape index (κ1) is 9.61. The number of hydrogen-bond donors (Lipinski definition) is 2. The highest BCUT2D eigenvalue weighted by Crippen LogP contribution is 1.65. The van der Waals surface area contributed by atoms with Crippen LogP contribution >= 0.6 is 0 Å². The van der Waals surface area contributed by atoms with Crippen LogP contribution < -0.4 is 11.2 Å². The maximum absolute atomic E-state index is 10.5. The fourth-order valence-corrected chi connectivity index (χ4v) is 0.407. The van der Waals surface area contributed by atoms with E-state index in [0.29, 0.717) is 0 Å². The van der Waals surface area contributed by atoms with Crippen LogP contribution in [0.3, 0.4) is 0 Å². The average molecular weight is 157 g/mol. The van der Waals surface area contributed by atoms with Crippen molar-refractivity contribution < 1.29 is 0 Å². The highest BCUT2D eigenvalue weighted by atomic mass is 16.2. The van der Waals surface area contributed by atoms with E-state index in [4.69, 9.17) is 0 Å². The van der Waals surface area contributed by atoms with Gasteiger partial charge in [0.25, 0.3) is 5.56 Å². The van der Waals surface area contributed by atoms with Gasteiger partial charge in [0.1, 0.15) is 5.69 Å². The lowest BCUT2D eigenvalue weighted by atomic mass is 10.5. The molecular weight excluding hydrogens is 146 g/mol. The fourth-order valence-electron chi connectivity index (χ4n) is 0.407. The first-order valence-corrected chi connectivity index (χ1v) is 3.36. The van der Waals surface area contributed by atoms with Crippen LogP contribution in [0.4, 0.5) is 0 Å². The molecule has 1 aromatic rings. The lowest BCUT2D eigenvalue weighted by molar-refractivity contribution is 0.853. The number of aromatic amines is 2. The molecule has 62 valence electrons. The molecule has 1 aromatic heterocycles. The van der Waals surface area contributed by atoms with Crippen LogP contribution in [0.5, 0.6) is 0 Å². The minimum absolute atomic E-state index is 0.259. The number of hydrogen-bond acceptors (Lipinski definition) is 3. The maximum atomic E-state index is 10.5. The summed E-state index contributed by atoms with van der Waals surface area (Å²) < 4.78 is 0. The molecule has 0 spiro atoms. The Hall–Kier alpha value is -1.39. The SMILES string of the molecule is CC.Cc1n[nH]c(=O)[nH]c1=O. The molecule has 0 atom stereocenters. The molecule has 0 saturated heterocycles. The minimum Gasteiger partial charge on any atom is -0.271 e. The van der Waals surface area contributed by atoms with E-state index in [1.54, 1.807) is 0 Å². The molecule has 0 aliphatic heterocycles. The van der Waals surface area contributed by atoms with Gasteiger partial charge in [-0.1, -0.05) is 13.8 Å². The van der Waals surface area contributed by atoms with Gasteiger partial charge in [-0.15, -0.1) is 0 Å². The Morgan fingerprint density at radius 3 is 2.18 bits per heavy atom. The quantitative estimate of drug-likeness (QED) is 0.547. The second kappa shape index (κ2) is 4.43. The summed E-state index contributed by atoms with van der Waals surface area (Å²) in [6.45, 7) is 5.51. The van der Waals surface area contributed by atoms with Gasteiger partial charge in [-0.3, -0.25) is 9.78 Å². The Bertz CT molecular complexity index is 312. The third-order valence-corrected chi connectivity index (χ3v) is 0.881. The molecule has 5 heteroatoms. The Balaban J connectivity index is 0.000000461.